The highest BCUT2D eigenvalue weighted by atomic mass is 16.5. The van der Waals surface area contributed by atoms with E-state index < -0.39 is 29.7 Å². The molecule has 110 valence electrons. The fourth-order valence-electron chi connectivity index (χ4n) is 2.06. The number of aliphatic hydroxyl groups is 1. The summed E-state index contributed by atoms with van der Waals surface area (Å²) in [5.74, 6) is -1.16. The average Bonchev–Trinajstić information content (AvgIpc) is 3.06. The van der Waals surface area contributed by atoms with Gasteiger partial charge < -0.3 is 24.7 Å². The molecule has 1 amide bonds. The van der Waals surface area contributed by atoms with Crippen molar-refractivity contribution in [2.24, 2.45) is 0 Å². The van der Waals surface area contributed by atoms with Gasteiger partial charge in [0, 0.05) is 0 Å². The van der Waals surface area contributed by atoms with Crippen molar-refractivity contribution < 1.29 is 29.0 Å². The lowest BCUT2D eigenvalue weighted by molar-refractivity contribution is -0.152. The Kier molecular flexibility index (Phi) is 4.10. The van der Waals surface area contributed by atoms with Crippen LogP contribution in [0.4, 0.5) is 0 Å². The van der Waals surface area contributed by atoms with E-state index in [1.165, 1.54) is 13.2 Å². The third-order valence-corrected chi connectivity index (χ3v) is 3.25. The van der Waals surface area contributed by atoms with E-state index in [9.17, 15) is 14.7 Å². The summed E-state index contributed by atoms with van der Waals surface area (Å²) in [6.45, 7) is 1.47. The number of rotatable bonds is 5. The topological polar surface area (TPSA) is 109 Å². The molecule has 3 N–H and O–H groups in total. The van der Waals surface area contributed by atoms with Gasteiger partial charge >= 0.3 is 5.97 Å². The number of aliphatic carboxylic acids is 1. The van der Waals surface area contributed by atoms with Crippen molar-refractivity contribution in [2.75, 3.05) is 6.54 Å². The monoisotopic (exact) mass is 283 g/mol. The largest absolute Gasteiger partial charge is 0.479 e. The molecule has 20 heavy (non-hydrogen) atoms. The highest BCUT2D eigenvalue weighted by Gasteiger charge is 2.36. The smallest absolute Gasteiger partial charge is 0.332 e. The third kappa shape index (κ3) is 3.17. The Morgan fingerprint density at radius 3 is 2.70 bits per heavy atom. The van der Waals surface area contributed by atoms with Gasteiger partial charge in [-0.15, -0.1) is 0 Å². The minimum atomic E-state index is -1.33. The maximum atomic E-state index is 11.9. The fraction of sp³-hybridized carbons (Fsp3) is 0.538. The van der Waals surface area contributed by atoms with Gasteiger partial charge in [-0.05, 0) is 31.9 Å². The Morgan fingerprint density at radius 2 is 2.15 bits per heavy atom. The van der Waals surface area contributed by atoms with E-state index in [4.69, 9.17) is 14.3 Å². The predicted octanol–water partition coefficient (Wildman–Crippen LogP) is 0.235. The highest BCUT2D eigenvalue weighted by molar-refractivity contribution is 5.82. The van der Waals surface area contributed by atoms with Crippen molar-refractivity contribution in [3.8, 4) is 0 Å². The standard InChI is InChI=1S/C13H17NO6/c1-13(18,10-3-2-6-19-10)7-14-11(15)8-4-5-9(20-8)12(16)17/h2-3,6,8-9,18H,4-5,7H2,1H3,(H,14,15)(H,16,17)/t8-,9+,13?/m0/s1. The fourth-order valence-corrected chi connectivity index (χ4v) is 2.06. The second-order valence-corrected chi connectivity index (χ2v) is 5.00. The van der Waals surface area contributed by atoms with E-state index in [1.54, 1.807) is 12.1 Å². The summed E-state index contributed by atoms with van der Waals surface area (Å²) in [4.78, 5) is 22.6. The summed E-state index contributed by atoms with van der Waals surface area (Å²) >= 11 is 0. The van der Waals surface area contributed by atoms with Gasteiger partial charge in [-0.1, -0.05) is 0 Å². The Morgan fingerprint density at radius 1 is 1.45 bits per heavy atom. The van der Waals surface area contributed by atoms with Crippen molar-refractivity contribution in [3.05, 3.63) is 24.2 Å². The van der Waals surface area contributed by atoms with E-state index in [0.717, 1.165) is 0 Å². The molecule has 0 bridgehead atoms. The predicted molar refractivity (Wildman–Crippen MR) is 66.8 cm³/mol. The second kappa shape index (κ2) is 5.64. The summed E-state index contributed by atoms with van der Waals surface area (Å²) < 4.78 is 10.2. The first-order chi connectivity index (χ1) is 9.40. The van der Waals surface area contributed by atoms with Gasteiger partial charge in [0.05, 0.1) is 12.8 Å². The van der Waals surface area contributed by atoms with Gasteiger partial charge in [0.25, 0.3) is 0 Å². The van der Waals surface area contributed by atoms with Gasteiger partial charge in [-0.25, -0.2) is 4.79 Å². The van der Waals surface area contributed by atoms with Crippen LogP contribution in [-0.2, 0) is 19.9 Å². The minimum absolute atomic E-state index is 0.0447. The Bertz CT molecular complexity index is 481. The molecule has 1 saturated heterocycles. The zero-order valence-corrected chi connectivity index (χ0v) is 11.0. The summed E-state index contributed by atoms with van der Waals surface area (Å²) in [6, 6.07) is 3.25. The molecule has 1 unspecified atom stereocenters. The Labute approximate surface area is 115 Å². The van der Waals surface area contributed by atoms with Crippen LogP contribution in [0.3, 0.4) is 0 Å². The first-order valence-corrected chi connectivity index (χ1v) is 6.32. The molecule has 2 rings (SSSR count). The van der Waals surface area contributed by atoms with Crippen LogP contribution in [0, 0.1) is 0 Å². The lowest BCUT2D eigenvalue weighted by atomic mass is 10.0. The van der Waals surface area contributed by atoms with Crippen LogP contribution in [0.2, 0.25) is 0 Å². The van der Waals surface area contributed by atoms with Crippen molar-refractivity contribution in [1.29, 1.82) is 0 Å². The number of nitrogens with one attached hydrogen (secondary N) is 1. The van der Waals surface area contributed by atoms with Crippen LogP contribution in [0.25, 0.3) is 0 Å². The van der Waals surface area contributed by atoms with E-state index in [0.29, 0.717) is 18.6 Å². The lowest BCUT2D eigenvalue weighted by Gasteiger charge is -2.22. The molecule has 3 atom stereocenters. The summed E-state index contributed by atoms with van der Waals surface area (Å²) in [5.41, 5.74) is -1.33. The molecular formula is C13H17NO6. The molecule has 0 aliphatic carbocycles. The lowest BCUT2D eigenvalue weighted by Crippen LogP contribution is -2.43. The number of hydrogen-bond acceptors (Lipinski definition) is 5. The number of furan rings is 1. The SMILES string of the molecule is CC(O)(CNC(=O)[C@@H]1CC[C@H](C(=O)O)O1)c1ccco1. The molecule has 0 spiro atoms. The quantitative estimate of drug-likeness (QED) is 0.714. The van der Waals surface area contributed by atoms with Crippen LogP contribution in [-0.4, -0.2) is 40.8 Å². The number of ether oxygens (including phenoxy) is 1. The molecule has 7 nitrogen and oxygen atoms in total. The first kappa shape index (κ1) is 14.5. The number of hydrogen-bond donors (Lipinski definition) is 3. The Balaban J connectivity index is 1.85. The molecule has 1 aliphatic heterocycles. The second-order valence-electron chi connectivity index (χ2n) is 5.00. The summed E-state index contributed by atoms with van der Waals surface area (Å²) in [7, 11) is 0. The zero-order chi connectivity index (χ0) is 14.8. The maximum absolute atomic E-state index is 11.9. The van der Waals surface area contributed by atoms with Crippen molar-refractivity contribution >= 4 is 11.9 Å². The van der Waals surface area contributed by atoms with E-state index in [-0.39, 0.29) is 6.54 Å². The van der Waals surface area contributed by atoms with Crippen LogP contribution in [0.5, 0.6) is 0 Å². The highest BCUT2D eigenvalue weighted by Crippen LogP contribution is 2.22. The van der Waals surface area contributed by atoms with Crippen molar-refractivity contribution in [3.63, 3.8) is 0 Å². The number of carbonyl (C=O) groups is 2. The van der Waals surface area contributed by atoms with Gasteiger partial charge in [-0.2, -0.15) is 0 Å². The van der Waals surface area contributed by atoms with Gasteiger partial charge in [0.1, 0.15) is 17.5 Å². The molecule has 1 aromatic rings. The van der Waals surface area contributed by atoms with Gasteiger partial charge in [-0.3, -0.25) is 4.79 Å². The molecule has 0 aromatic carbocycles. The first-order valence-electron chi connectivity index (χ1n) is 6.32. The zero-order valence-electron chi connectivity index (χ0n) is 11.0. The van der Waals surface area contributed by atoms with E-state index >= 15 is 0 Å². The molecule has 2 heterocycles. The third-order valence-electron chi connectivity index (χ3n) is 3.25. The number of carboxylic acid groups (broad SMARTS) is 1. The minimum Gasteiger partial charge on any atom is -0.479 e. The molecular weight excluding hydrogens is 266 g/mol. The molecule has 0 radical (unpaired) electrons. The molecule has 7 heteroatoms. The molecule has 0 saturated carbocycles. The van der Waals surface area contributed by atoms with Crippen LogP contribution in [0.15, 0.2) is 22.8 Å². The van der Waals surface area contributed by atoms with Crippen LogP contribution in [0.1, 0.15) is 25.5 Å². The molecule has 1 aromatic heterocycles. The summed E-state index contributed by atoms with van der Waals surface area (Å²) in [6.07, 6.45) is 0.372. The molecule has 1 aliphatic rings. The average molecular weight is 283 g/mol. The van der Waals surface area contributed by atoms with Crippen molar-refractivity contribution in [2.45, 2.75) is 37.6 Å². The number of carbonyl (C=O) groups excluding carboxylic acids is 1. The van der Waals surface area contributed by atoms with Crippen LogP contribution < -0.4 is 5.32 Å². The maximum Gasteiger partial charge on any atom is 0.332 e. The van der Waals surface area contributed by atoms with E-state index in [1.807, 2.05) is 0 Å². The normalized spacial score (nSPS) is 25.1. The number of carboxylic acids is 1. The van der Waals surface area contributed by atoms with Crippen molar-refractivity contribution in [1.82, 2.24) is 5.32 Å². The summed E-state index contributed by atoms with van der Waals surface area (Å²) in [5, 5.41) is 21.5. The van der Waals surface area contributed by atoms with Crippen LogP contribution >= 0.6 is 0 Å². The molecule has 1 fully saturated rings. The van der Waals surface area contributed by atoms with E-state index in [2.05, 4.69) is 5.32 Å². The van der Waals surface area contributed by atoms with Gasteiger partial charge in [0.15, 0.2) is 6.10 Å². The van der Waals surface area contributed by atoms with Gasteiger partial charge in [0.2, 0.25) is 5.91 Å². The Hall–Kier alpha value is -1.86. The number of amides is 1.